The van der Waals surface area contributed by atoms with Crippen molar-refractivity contribution in [3.63, 3.8) is 0 Å². The molecule has 0 aromatic heterocycles. The van der Waals surface area contributed by atoms with Crippen LogP contribution in [0.2, 0.25) is 5.02 Å². The van der Waals surface area contributed by atoms with Gasteiger partial charge in [-0.3, -0.25) is 4.79 Å². The zero-order valence-electron chi connectivity index (χ0n) is 10.9. The topological polar surface area (TPSA) is 92.9 Å². The minimum Gasteiger partial charge on any atom is -0.480 e. The molecule has 2 unspecified atom stereocenters. The van der Waals surface area contributed by atoms with E-state index in [4.69, 9.17) is 22.1 Å². The number of rotatable bonds is 4. The Morgan fingerprint density at radius 2 is 2.20 bits per heavy atom. The molecule has 0 radical (unpaired) electrons. The number of carboxylic acids is 1. The van der Waals surface area contributed by atoms with Gasteiger partial charge < -0.3 is 20.5 Å². The number of halogens is 1. The number of methoxy groups -OCH3 is 1. The van der Waals surface area contributed by atoms with E-state index in [2.05, 4.69) is 0 Å². The van der Waals surface area contributed by atoms with Gasteiger partial charge in [0, 0.05) is 25.1 Å². The lowest BCUT2D eigenvalue weighted by atomic mass is 10.1. The van der Waals surface area contributed by atoms with Gasteiger partial charge in [-0.2, -0.15) is 0 Å². The van der Waals surface area contributed by atoms with Gasteiger partial charge in [-0.05, 0) is 18.2 Å². The van der Waals surface area contributed by atoms with Crippen LogP contribution in [0.15, 0.2) is 18.2 Å². The van der Waals surface area contributed by atoms with Crippen LogP contribution in [0, 0.1) is 0 Å². The molecular weight excluding hydrogens is 284 g/mol. The van der Waals surface area contributed by atoms with E-state index in [1.165, 1.54) is 13.2 Å². The number of hydrogen-bond acceptors (Lipinski definition) is 4. The van der Waals surface area contributed by atoms with Gasteiger partial charge in [-0.1, -0.05) is 11.6 Å². The Labute approximate surface area is 121 Å². The first-order valence-corrected chi connectivity index (χ1v) is 6.43. The summed E-state index contributed by atoms with van der Waals surface area (Å²) in [6, 6.07) is 3.90. The van der Waals surface area contributed by atoms with Crippen LogP contribution >= 0.6 is 11.6 Å². The molecule has 1 fully saturated rings. The Morgan fingerprint density at radius 3 is 2.75 bits per heavy atom. The monoisotopic (exact) mass is 298 g/mol. The molecule has 2 atom stereocenters. The summed E-state index contributed by atoms with van der Waals surface area (Å²) < 4.78 is 5.22. The quantitative estimate of drug-likeness (QED) is 0.869. The van der Waals surface area contributed by atoms with E-state index >= 15 is 0 Å². The molecule has 1 heterocycles. The number of nitrogens with zero attached hydrogens (tertiary/aromatic N) is 1. The van der Waals surface area contributed by atoms with Crippen LogP contribution in [0.5, 0.6) is 0 Å². The average molecular weight is 299 g/mol. The highest BCUT2D eigenvalue weighted by molar-refractivity contribution is 6.31. The summed E-state index contributed by atoms with van der Waals surface area (Å²) in [6.07, 6.45) is 0.152. The van der Waals surface area contributed by atoms with Gasteiger partial charge in [-0.25, -0.2) is 4.79 Å². The van der Waals surface area contributed by atoms with E-state index in [9.17, 15) is 14.7 Å². The van der Waals surface area contributed by atoms with Crippen molar-refractivity contribution < 1.29 is 19.4 Å². The van der Waals surface area contributed by atoms with Gasteiger partial charge in [0.2, 0.25) is 0 Å². The van der Waals surface area contributed by atoms with Crippen molar-refractivity contribution >= 4 is 29.2 Å². The third-order valence-corrected chi connectivity index (χ3v) is 3.65. The minimum absolute atomic E-state index is 0.201. The molecule has 6 nitrogen and oxygen atoms in total. The smallest absolute Gasteiger partial charge is 0.326 e. The average Bonchev–Trinajstić information content (AvgIpc) is 2.82. The van der Waals surface area contributed by atoms with Gasteiger partial charge in [-0.15, -0.1) is 0 Å². The second kappa shape index (κ2) is 5.68. The van der Waals surface area contributed by atoms with E-state index in [0.29, 0.717) is 23.7 Å². The fourth-order valence-corrected chi connectivity index (χ4v) is 2.60. The van der Waals surface area contributed by atoms with Gasteiger partial charge in [0.25, 0.3) is 5.91 Å². The number of aliphatic carboxylic acids is 1. The van der Waals surface area contributed by atoms with Crippen LogP contribution in [0.1, 0.15) is 16.8 Å². The predicted octanol–water partition coefficient (Wildman–Crippen LogP) is 1.12. The molecule has 1 aliphatic rings. The van der Waals surface area contributed by atoms with Gasteiger partial charge in [0.15, 0.2) is 0 Å². The molecule has 3 N–H and O–H groups in total. The first kappa shape index (κ1) is 14.6. The highest BCUT2D eigenvalue weighted by Gasteiger charge is 2.38. The molecule has 20 heavy (non-hydrogen) atoms. The Morgan fingerprint density at radius 1 is 1.50 bits per heavy atom. The number of primary amides is 1. The van der Waals surface area contributed by atoms with E-state index in [1.54, 1.807) is 17.0 Å². The summed E-state index contributed by atoms with van der Waals surface area (Å²) in [5, 5.41) is 9.68. The summed E-state index contributed by atoms with van der Waals surface area (Å²) in [5.41, 5.74) is 6.01. The van der Waals surface area contributed by atoms with Crippen LogP contribution in [0.25, 0.3) is 0 Å². The lowest BCUT2D eigenvalue weighted by molar-refractivity contribution is -0.138. The zero-order valence-corrected chi connectivity index (χ0v) is 11.6. The molecule has 7 heteroatoms. The van der Waals surface area contributed by atoms with Gasteiger partial charge >= 0.3 is 5.97 Å². The normalized spacial score (nSPS) is 22.0. The van der Waals surface area contributed by atoms with Gasteiger partial charge in [0.1, 0.15) is 6.04 Å². The molecule has 1 aromatic rings. The molecular formula is C13H15ClN2O4. The molecule has 1 amide bonds. The summed E-state index contributed by atoms with van der Waals surface area (Å²) in [6.45, 7) is 0.384. The molecule has 1 saturated heterocycles. The number of hydrogen-bond donors (Lipinski definition) is 2. The number of carbonyl (C=O) groups is 2. The molecule has 1 aromatic carbocycles. The Balaban J connectivity index is 2.43. The highest BCUT2D eigenvalue weighted by atomic mass is 35.5. The highest BCUT2D eigenvalue weighted by Crippen LogP contribution is 2.31. The van der Waals surface area contributed by atoms with E-state index in [-0.39, 0.29) is 11.7 Å². The molecule has 0 bridgehead atoms. The fraction of sp³-hybridized carbons (Fsp3) is 0.385. The maximum atomic E-state index is 11.5. The summed E-state index contributed by atoms with van der Waals surface area (Å²) in [7, 11) is 1.53. The number of carboxylic acid groups (broad SMARTS) is 1. The van der Waals surface area contributed by atoms with Crippen molar-refractivity contribution in [2.24, 2.45) is 5.73 Å². The van der Waals surface area contributed by atoms with Crippen molar-refractivity contribution in [2.45, 2.75) is 18.6 Å². The number of anilines is 1. The number of benzene rings is 1. The molecule has 108 valence electrons. The fourth-order valence-electron chi connectivity index (χ4n) is 2.42. The number of amides is 1. The first-order valence-electron chi connectivity index (χ1n) is 6.05. The zero-order chi connectivity index (χ0) is 14.9. The third kappa shape index (κ3) is 2.71. The van der Waals surface area contributed by atoms with E-state index < -0.39 is 17.9 Å². The maximum absolute atomic E-state index is 11.5. The number of carbonyl (C=O) groups excluding carboxylic acids is 1. The lowest BCUT2D eigenvalue weighted by Gasteiger charge is -2.25. The van der Waals surface area contributed by atoms with Crippen LogP contribution in [0.3, 0.4) is 0 Å². The van der Waals surface area contributed by atoms with Crippen molar-refractivity contribution in [1.82, 2.24) is 0 Å². The van der Waals surface area contributed by atoms with Crippen LogP contribution in [0.4, 0.5) is 5.69 Å². The van der Waals surface area contributed by atoms with Crippen molar-refractivity contribution in [2.75, 3.05) is 18.6 Å². The first-order chi connectivity index (χ1) is 9.43. The summed E-state index contributed by atoms with van der Waals surface area (Å²) >= 11 is 5.86. The van der Waals surface area contributed by atoms with E-state index in [0.717, 1.165) is 0 Å². The van der Waals surface area contributed by atoms with Crippen LogP contribution < -0.4 is 10.6 Å². The second-order valence-electron chi connectivity index (χ2n) is 4.63. The molecule has 0 aliphatic carbocycles. The summed E-state index contributed by atoms with van der Waals surface area (Å²) in [4.78, 5) is 24.5. The second-order valence-corrected chi connectivity index (χ2v) is 5.06. The Hall–Kier alpha value is -1.79. The largest absolute Gasteiger partial charge is 0.480 e. The lowest BCUT2D eigenvalue weighted by Crippen LogP contribution is -2.37. The Bertz CT molecular complexity index is 549. The SMILES string of the molecule is COC1CC(C(=O)O)N(c2ccc(Cl)cc2C(N)=O)C1. The van der Waals surface area contributed by atoms with Gasteiger partial charge in [0.05, 0.1) is 17.4 Å². The predicted molar refractivity (Wildman–Crippen MR) is 74.2 cm³/mol. The maximum Gasteiger partial charge on any atom is 0.326 e. The number of ether oxygens (including phenoxy) is 1. The third-order valence-electron chi connectivity index (χ3n) is 3.41. The Kier molecular flexibility index (Phi) is 4.15. The van der Waals surface area contributed by atoms with Crippen LogP contribution in [-0.4, -0.2) is 42.8 Å². The minimum atomic E-state index is -0.963. The van der Waals surface area contributed by atoms with Crippen molar-refractivity contribution in [3.8, 4) is 0 Å². The summed E-state index contributed by atoms with van der Waals surface area (Å²) in [5.74, 6) is -1.61. The molecule has 2 rings (SSSR count). The van der Waals surface area contributed by atoms with E-state index in [1.807, 2.05) is 0 Å². The van der Waals surface area contributed by atoms with Crippen molar-refractivity contribution in [3.05, 3.63) is 28.8 Å². The molecule has 1 aliphatic heterocycles. The van der Waals surface area contributed by atoms with Crippen molar-refractivity contribution in [1.29, 1.82) is 0 Å². The standard InChI is InChI=1S/C13H15ClN2O4/c1-20-8-5-11(13(18)19)16(6-8)10-3-2-7(14)4-9(10)12(15)17/h2-4,8,11H,5-6H2,1H3,(H2,15,17)(H,18,19). The number of nitrogens with two attached hydrogens (primary N) is 1. The van der Waals surface area contributed by atoms with Crippen LogP contribution in [-0.2, 0) is 9.53 Å². The molecule has 0 spiro atoms. The molecule has 0 saturated carbocycles.